The van der Waals surface area contributed by atoms with E-state index in [1.165, 1.54) is 12.4 Å². The lowest BCUT2D eigenvalue weighted by Crippen LogP contribution is -2.47. The van der Waals surface area contributed by atoms with Gasteiger partial charge in [-0.2, -0.15) is 0 Å². The van der Waals surface area contributed by atoms with Crippen LogP contribution in [0.1, 0.15) is 31.5 Å². The van der Waals surface area contributed by atoms with E-state index >= 15 is 0 Å². The molecule has 13 nitrogen and oxygen atoms in total. The zero-order valence-corrected chi connectivity index (χ0v) is 22.1. The van der Waals surface area contributed by atoms with Gasteiger partial charge in [-0.05, 0) is 26.3 Å². The maximum atomic E-state index is 12.9. The number of nitrogens with zero attached hydrogens (tertiary/aromatic N) is 6. The van der Waals surface area contributed by atoms with Crippen molar-refractivity contribution in [1.82, 2.24) is 24.4 Å². The Labute approximate surface area is 227 Å². The molecular formula is C22H29Cl2FN6O7. The van der Waals surface area contributed by atoms with Crippen LogP contribution in [-0.4, -0.2) is 101 Å². The van der Waals surface area contributed by atoms with Gasteiger partial charge in [0.15, 0.2) is 16.6 Å². The molecule has 16 heteroatoms. The van der Waals surface area contributed by atoms with Gasteiger partial charge in [0, 0.05) is 32.7 Å². The van der Waals surface area contributed by atoms with Crippen LogP contribution in [-0.2, 0) is 20.9 Å². The molecule has 1 saturated heterocycles. The second-order valence-electron chi connectivity index (χ2n) is 8.61. The lowest BCUT2D eigenvalue weighted by atomic mass is 9.96. The van der Waals surface area contributed by atoms with Crippen LogP contribution in [0.3, 0.4) is 0 Å². The zero-order valence-electron chi connectivity index (χ0n) is 20.6. The van der Waals surface area contributed by atoms with Gasteiger partial charge in [0.25, 0.3) is 0 Å². The molecule has 0 unspecified atom stereocenters. The molecule has 3 heterocycles. The van der Waals surface area contributed by atoms with Gasteiger partial charge in [-0.1, -0.05) is 23.2 Å². The first-order chi connectivity index (χ1) is 17.8. The first-order valence-corrected chi connectivity index (χ1v) is 12.3. The number of aryl methyl sites for hydroxylation is 1. The summed E-state index contributed by atoms with van der Waals surface area (Å²) in [5, 5.41) is 34.7. The fourth-order valence-corrected chi connectivity index (χ4v) is 4.19. The number of piperazine rings is 1. The third-order valence-corrected chi connectivity index (χ3v) is 6.45. The maximum Gasteiger partial charge on any atom is 0.336 e. The Morgan fingerprint density at radius 1 is 0.974 bits per heavy atom. The lowest BCUT2D eigenvalue weighted by molar-refractivity contribution is -0.170. The van der Waals surface area contributed by atoms with Gasteiger partial charge in [-0.25, -0.2) is 24.1 Å². The van der Waals surface area contributed by atoms with Gasteiger partial charge in [0.1, 0.15) is 11.0 Å². The van der Waals surface area contributed by atoms with E-state index in [1.807, 2.05) is 11.5 Å². The highest BCUT2D eigenvalue weighted by Crippen LogP contribution is 2.23. The average Bonchev–Trinajstić information content (AvgIpc) is 3.07. The lowest BCUT2D eigenvalue weighted by Gasteiger charge is -2.34. The minimum absolute atomic E-state index is 0.373. The van der Waals surface area contributed by atoms with Gasteiger partial charge in [0.05, 0.1) is 25.2 Å². The first kappa shape index (κ1) is 31.1. The normalized spacial score (nSPS) is 14.1. The van der Waals surface area contributed by atoms with E-state index in [0.717, 1.165) is 57.9 Å². The monoisotopic (exact) mass is 578 g/mol. The molecule has 0 aromatic carbocycles. The Hall–Kier alpha value is -3.07. The van der Waals surface area contributed by atoms with Gasteiger partial charge < -0.3 is 29.9 Å². The molecule has 0 atom stereocenters. The molecule has 3 rings (SSSR count). The van der Waals surface area contributed by atoms with Crippen molar-refractivity contribution < 1.29 is 39.2 Å². The van der Waals surface area contributed by atoms with Crippen molar-refractivity contribution in [3.8, 4) is 0 Å². The summed E-state index contributed by atoms with van der Waals surface area (Å²) in [4.78, 5) is 47.3. The molecule has 0 bridgehead atoms. The van der Waals surface area contributed by atoms with Crippen molar-refractivity contribution in [3.05, 3.63) is 34.3 Å². The van der Waals surface area contributed by atoms with Gasteiger partial charge >= 0.3 is 17.9 Å². The van der Waals surface area contributed by atoms with Crippen LogP contribution < -0.4 is 4.90 Å². The molecule has 38 heavy (non-hydrogen) atoms. The van der Waals surface area contributed by atoms with Crippen molar-refractivity contribution in [2.75, 3.05) is 37.6 Å². The summed E-state index contributed by atoms with van der Waals surface area (Å²) in [7, 11) is 0. The summed E-state index contributed by atoms with van der Waals surface area (Å²) in [6, 6.07) is 0. The highest BCUT2D eigenvalue weighted by molar-refractivity contribution is 6.40. The number of aromatic nitrogens is 4. The molecular weight excluding hydrogens is 550 g/mol. The van der Waals surface area contributed by atoms with Gasteiger partial charge in [-0.3, -0.25) is 14.5 Å². The average molecular weight is 579 g/mol. The van der Waals surface area contributed by atoms with Crippen molar-refractivity contribution in [2.45, 2.75) is 44.8 Å². The largest absolute Gasteiger partial charge is 0.481 e. The van der Waals surface area contributed by atoms with Gasteiger partial charge in [-0.15, -0.1) is 0 Å². The number of rotatable bonds is 11. The van der Waals surface area contributed by atoms with Crippen LogP contribution in [0.25, 0.3) is 0 Å². The third-order valence-electron chi connectivity index (χ3n) is 5.71. The summed E-state index contributed by atoms with van der Waals surface area (Å²) in [6.45, 7) is 7.40. The highest BCUT2D eigenvalue weighted by atomic mass is 35.5. The smallest absolute Gasteiger partial charge is 0.336 e. The van der Waals surface area contributed by atoms with Crippen molar-refractivity contribution in [1.29, 1.82) is 0 Å². The number of hydrogen-bond acceptors (Lipinski definition) is 9. The van der Waals surface area contributed by atoms with E-state index < -0.39 is 42.2 Å². The highest BCUT2D eigenvalue weighted by Gasteiger charge is 2.40. The standard InChI is InChI=1S/C16H21Cl2FN6.C6H8O7/c1-12-22-14(17)15(18)25(12)5-3-2-4-23-6-8-24(9-7-23)16-20-10-13(19)11-21-16;7-3(8)1-6(13,5(11)12)2-4(9)10/h10-11H,2-9H2,1H3;13H,1-2H2,(H,7,8)(H,9,10)(H,11,12). The Kier molecular flexibility index (Phi) is 11.6. The molecule has 2 aromatic heterocycles. The van der Waals surface area contributed by atoms with Crippen LogP contribution in [0.2, 0.25) is 10.3 Å². The molecule has 210 valence electrons. The minimum atomic E-state index is -2.74. The number of unbranched alkanes of at least 4 members (excludes halogenated alkanes) is 1. The number of carboxylic acid groups (broad SMARTS) is 3. The SMILES string of the molecule is Cc1nc(Cl)c(Cl)n1CCCCN1CCN(c2ncc(F)cn2)CC1.O=C(O)CC(O)(CC(=O)O)C(=O)O. The van der Waals surface area contributed by atoms with Crippen molar-refractivity contribution in [3.63, 3.8) is 0 Å². The minimum Gasteiger partial charge on any atom is -0.481 e. The number of aliphatic hydroxyl groups is 1. The Morgan fingerprint density at radius 3 is 1.95 bits per heavy atom. The molecule has 1 aliphatic rings. The van der Waals surface area contributed by atoms with E-state index in [-0.39, 0.29) is 0 Å². The molecule has 1 aliphatic heterocycles. The second-order valence-corrected chi connectivity index (χ2v) is 9.32. The first-order valence-electron chi connectivity index (χ1n) is 11.5. The predicted octanol–water partition coefficient (Wildman–Crippen LogP) is 1.78. The molecule has 0 saturated carbocycles. The Morgan fingerprint density at radius 2 is 1.50 bits per heavy atom. The van der Waals surface area contributed by atoms with Crippen molar-refractivity contribution >= 4 is 47.1 Å². The number of anilines is 1. The number of halogens is 3. The fraction of sp³-hybridized carbons (Fsp3) is 0.545. The number of imidazole rings is 1. The molecule has 1 fully saturated rings. The Bertz CT molecular complexity index is 1090. The zero-order chi connectivity index (χ0) is 28.5. The molecule has 0 radical (unpaired) electrons. The van der Waals surface area contributed by atoms with E-state index in [4.69, 9.17) is 43.6 Å². The van der Waals surface area contributed by atoms with Gasteiger partial charge in [0.2, 0.25) is 5.95 Å². The second kappa shape index (κ2) is 14.2. The molecule has 0 aliphatic carbocycles. The topological polar surface area (TPSA) is 182 Å². The Balaban J connectivity index is 0.000000332. The number of hydrogen-bond donors (Lipinski definition) is 4. The molecule has 4 N–H and O–H groups in total. The van der Waals surface area contributed by atoms with Crippen LogP contribution in [0, 0.1) is 12.7 Å². The number of carboxylic acids is 3. The predicted molar refractivity (Wildman–Crippen MR) is 134 cm³/mol. The molecule has 2 aromatic rings. The van der Waals surface area contributed by atoms with Crippen molar-refractivity contribution in [2.24, 2.45) is 0 Å². The summed E-state index contributed by atoms with van der Waals surface area (Å²) < 4.78 is 14.8. The van der Waals surface area contributed by atoms with E-state index in [1.54, 1.807) is 0 Å². The van der Waals surface area contributed by atoms with Crippen LogP contribution >= 0.6 is 23.2 Å². The van der Waals surface area contributed by atoms with E-state index in [9.17, 15) is 18.8 Å². The maximum absolute atomic E-state index is 12.9. The van der Waals surface area contributed by atoms with E-state index in [0.29, 0.717) is 16.3 Å². The summed E-state index contributed by atoms with van der Waals surface area (Å²) >= 11 is 12.1. The summed E-state index contributed by atoms with van der Waals surface area (Å²) in [5.41, 5.74) is -2.74. The van der Waals surface area contributed by atoms with Crippen LogP contribution in [0.4, 0.5) is 10.3 Å². The molecule has 0 spiro atoms. The summed E-state index contributed by atoms with van der Waals surface area (Å²) in [5.74, 6) is -3.97. The fourth-order valence-electron chi connectivity index (χ4n) is 3.72. The molecule has 0 amide bonds. The van der Waals surface area contributed by atoms with E-state index in [2.05, 4.69) is 24.8 Å². The summed E-state index contributed by atoms with van der Waals surface area (Å²) in [6.07, 6.45) is 2.24. The quantitative estimate of drug-likeness (QED) is 0.284. The number of carbonyl (C=O) groups is 3. The number of aliphatic carboxylic acids is 3. The van der Waals surface area contributed by atoms with Crippen LogP contribution in [0.5, 0.6) is 0 Å². The third kappa shape index (κ3) is 9.35. The van der Waals surface area contributed by atoms with Crippen LogP contribution in [0.15, 0.2) is 12.4 Å².